The first-order valence-corrected chi connectivity index (χ1v) is 22.9. The summed E-state index contributed by atoms with van der Waals surface area (Å²) in [5, 5.41) is 26.9. The predicted molar refractivity (Wildman–Crippen MR) is 278 cm³/mol. The van der Waals surface area contributed by atoms with Gasteiger partial charge in [-0.2, -0.15) is 0 Å². The van der Waals surface area contributed by atoms with Crippen molar-refractivity contribution in [3.63, 3.8) is 0 Å². The zero-order valence-electron chi connectivity index (χ0n) is 38.5. The minimum Gasteiger partial charge on any atom is -0.330 e. The smallest absolute Gasteiger partial charge is 0.00369 e. The summed E-state index contributed by atoms with van der Waals surface area (Å²) in [5.74, 6) is 0. The molecule has 16 nitrogen and oxygen atoms in total. The lowest BCUT2D eigenvalue weighted by Gasteiger charge is -2.04. The van der Waals surface area contributed by atoms with Gasteiger partial charge in [0.15, 0.2) is 0 Å². The van der Waals surface area contributed by atoms with Gasteiger partial charge in [-0.1, -0.05) is 0 Å². The summed E-state index contributed by atoms with van der Waals surface area (Å²) in [6, 6.07) is 0. The van der Waals surface area contributed by atoms with Gasteiger partial charge in [0, 0.05) is 0 Å². The van der Waals surface area contributed by atoms with E-state index in [1.165, 1.54) is 51.4 Å². The Hall–Kier alpha value is 0.520. The molecule has 0 saturated heterocycles. The van der Waals surface area contributed by atoms with Crippen LogP contribution in [0.15, 0.2) is 0 Å². The second-order valence-electron chi connectivity index (χ2n) is 14.0. The molecule has 0 atom stereocenters. The monoisotopic (exact) mass is 953 g/mol. The van der Waals surface area contributed by atoms with Crippen molar-refractivity contribution >= 4 is 49.6 Å². The van der Waals surface area contributed by atoms with E-state index < -0.39 is 0 Å². The molecule has 376 valence electrons. The first-order chi connectivity index (χ1) is 27.7. The van der Waals surface area contributed by atoms with Gasteiger partial charge < -0.3 is 88.4 Å². The minimum atomic E-state index is 0. The highest BCUT2D eigenvalue weighted by Gasteiger charge is 1.93. The zero-order valence-corrected chi connectivity index (χ0v) is 41.8. The lowest BCUT2D eigenvalue weighted by atomic mass is 10.3. The Morgan fingerprint density at radius 2 is 0.233 bits per heavy atom. The number of unbranched alkanes of at least 4 members (excludes halogenated alkanes) is 4. The zero-order chi connectivity index (χ0) is 41.9. The molecule has 0 heterocycles. The van der Waals surface area contributed by atoms with Gasteiger partial charge in [-0.05, 0) is 260 Å². The molecule has 0 amide bonds. The fourth-order valence-electron chi connectivity index (χ4n) is 4.82. The summed E-state index contributed by atoms with van der Waals surface area (Å²) in [7, 11) is 0. The van der Waals surface area contributed by atoms with Gasteiger partial charge >= 0.3 is 0 Å². The Balaban J connectivity index is -0.0000000980. The fourth-order valence-corrected chi connectivity index (χ4v) is 4.82. The Kier molecular flexibility index (Phi) is 112. The molecule has 0 aromatic rings. The molecule has 0 fully saturated rings. The maximum atomic E-state index is 5.38. The summed E-state index contributed by atoms with van der Waals surface area (Å²) in [4.78, 5) is 0. The molecule has 0 aromatic carbocycles. The Labute approximate surface area is 396 Å². The van der Waals surface area contributed by atoms with E-state index in [0.29, 0.717) is 0 Å². The van der Waals surface area contributed by atoms with Gasteiger partial charge in [0.25, 0.3) is 0 Å². The van der Waals surface area contributed by atoms with E-state index >= 15 is 0 Å². The molecular formula is C40H108Cl4N16. The molecule has 0 saturated carbocycles. The summed E-state index contributed by atoms with van der Waals surface area (Å²) < 4.78 is 0. The molecule has 24 N–H and O–H groups in total. The highest BCUT2D eigenvalue weighted by Crippen LogP contribution is 1.88. The van der Waals surface area contributed by atoms with E-state index in [4.69, 9.17) is 45.9 Å². The molecule has 0 aliphatic carbocycles. The largest absolute Gasteiger partial charge is 0.330 e. The number of nitrogens with one attached hydrogen (secondary N) is 8. The van der Waals surface area contributed by atoms with Crippen molar-refractivity contribution in [2.75, 3.05) is 157 Å². The average Bonchev–Trinajstić information content (AvgIpc) is 3.21. The number of hydrogen-bond donors (Lipinski definition) is 16. The van der Waals surface area contributed by atoms with Crippen molar-refractivity contribution in [3.05, 3.63) is 0 Å². The molecule has 20 heteroatoms. The lowest BCUT2D eigenvalue weighted by Crippen LogP contribution is -2.22. The van der Waals surface area contributed by atoms with Gasteiger partial charge in [-0.15, -0.1) is 49.6 Å². The Bertz CT molecular complexity index is 462. The van der Waals surface area contributed by atoms with Crippen LogP contribution in [-0.2, 0) is 0 Å². The first kappa shape index (κ1) is 77.7. The molecule has 60 heavy (non-hydrogen) atoms. The van der Waals surface area contributed by atoms with Gasteiger partial charge in [-0.3, -0.25) is 0 Å². The molecule has 0 bridgehead atoms. The SMILES string of the molecule is Cl.Cl.Cl.Cl.NCCCNCCCCNCCCN.NCCCNCCCCNCCCN.NCCCNCCCCNCCCN.NCCCNCCCCNCCCN. The van der Waals surface area contributed by atoms with Gasteiger partial charge in [0.1, 0.15) is 0 Å². The van der Waals surface area contributed by atoms with Crippen LogP contribution in [0.3, 0.4) is 0 Å². The van der Waals surface area contributed by atoms with Crippen molar-refractivity contribution in [2.45, 2.75) is 103 Å². The topological polar surface area (TPSA) is 304 Å². The van der Waals surface area contributed by atoms with Crippen LogP contribution in [0.5, 0.6) is 0 Å². The van der Waals surface area contributed by atoms with E-state index in [9.17, 15) is 0 Å². The Morgan fingerprint density at radius 1 is 0.150 bits per heavy atom. The van der Waals surface area contributed by atoms with Crippen LogP contribution in [0.4, 0.5) is 0 Å². The average molecular weight is 955 g/mol. The van der Waals surface area contributed by atoms with E-state index in [0.717, 1.165) is 208 Å². The fraction of sp³-hybridized carbons (Fsp3) is 1.00. The third-order valence-electron chi connectivity index (χ3n) is 8.29. The predicted octanol–water partition coefficient (Wildman–Crippen LogP) is 0.261. The van der Waals surface area contributed by atoms with Gasteiger partial charge in [0.05, 0.1) is 0 Å². The van der Waals surface area contributed by atoms with Crippen LogP contribution in [0, 0.1) is 0 Å². The molecule has 0 rings (SSSR count). The van der Waals surface area contributed by atoms with Crippen LogP contribution in [0.2, 0.25) is 0 Å². The Morgan fingerprint density at radius 3 is 0.317 bits per heavy atom. The highest BCUT2D eigenvalue weighted by molar-refractivity contribution is 5.86. The summed E-state index contributed by atoms with van der Waals surface area (Å²) >= 11 is 0. The molecule has 0 unspecified atom stereocenters. The summed E-state index contributed by atoms with van der Waals surface area (Å²) in [5.41, 5.74) is 43.0. The third kappa shape index (κ3) is 97.7. The van der Waals surface area contributed by atoms with E-state index in [-0.39, 0.29) is 49.6 Å². The summed E-state index contributed by atoms with van der Waals surface area (Å²) in [6.07, 6.45) is 18.5. The normalized spacial score (nSPS) is 10.0. The van der Waals surface area contributed by atoms with Crippen LogP contribution >= 0.6 is 49.6 Å². The van der Waals surface area contributed by atoms with Crippen LogP contribution in [-0.4, -0.2) is 157 Å². The molecular weight excluding hydrogens is 846 g/mol. The molecule has 0 aromatic heterocycles. The van der Waals surface area contributed by atoms with Crippen LogP contribution in [0.25, 0.3) is 0 Å². The van der Waals surface area contributed by atoms with Crippen molar-refractivity contribution in [1.29, 1.82) is 0 Å². The summed E-state index contributed by atoms with van der Waals surface area (Å²) in [6.45, 7) is 23.6. The van der Waals surface area contributed by atoms with Crippen molar-refractivity contribution in [1.82, 2.24) is 42.5 Å². The maximum absolute atomic E-state index is 5.38. The van der Waals surface area contributed by atoms with Crippen molar-refractivity contribution < 1.29 is 0 Å². The highest BCUT2D eigenvalue weighted by atomic mass is 35.5. The molecule has 0 aliphatic heterocycles. The maximum Gasteiger partial charge on any atom is -0.00369 e. The third-order valence-corrected chi connectivity index (χ3v) is 8.29. The second-order valence-corrected chi connectivity index (χ2v) is 14.0. The quantitative estimate of drug-likeness (QED) is 0.0365. The van der Waals surface area contributed by atoms with Crippen LogP contribution in [0.1, 0.15) is 103 Å². The van der Waals surface area contributed by atoms with E-state index in [1.807, 2.05) is 0 Å². The van der Waals surface area contributed by atoms with Crippen LogP contribution < -0.4 is 88.4 Å². The van der Waals surface area contributed by atoms with E-state index in [1.54, 1.807) is 0 Å². The van der Waals surface area contributed by atoms with Gasteiger partial charge in [-0.25, -0.2) is 0 Å². The molecule has 0 aliphatic rings. The first-order valence-electron chi connectivity index (χ1n) is 22.9. The number of hydrogen-bond acceptors (Lipinski definition) is 16. The van der Waals surface area contributed by atoms with Gasteiger partial charge in [0.2, 0.25) is 0 Å². The minimum absolute atomic E-state index is 0. The second kappa shape index (κ2) is 86.6. The molecule has 0 radical (unpaired) electrons. The van der Waals surface area contributed by atoms with E-state index in [2.05, 4.69) is 42.5 Å². The molecule has 0 spiro atoms. The number of halogens is 4. The number of rotatable bonds is 44. The standard InChI is InChI=1S/4C10H26N4.4ClH/c4*11-5-3-9-13-7-1-2-8-14-10-4-6-12;;;;/h4*13-14H,1-12H2;4*1H. The van der Waals surface area contributed by atoms with Crippen molar-refractivity contribution in [3.8, 4) is 0 Å². The lowest BCUT2D eigenvalue weighted by molar-refractivity contribution is 0.570. The number of nitrogens with two attached hydrogens (primary N) is 8. The van der Waals surface area contributed by atoms with Crippen molar-refractivity contribution in [2.24, 2.45) is 45.9 Å².